The van der Waals surface area contributed by atoms with Gasteiger partial charge in [-0.25, -0.2) is 14.8 Å². The lowest BCUT2D eigenvalue weighted by Crippen LogP contribution is -2.34. The molecule has 3 atom stereocenters. The first-order chi connectivity index (χ1) is 17.0. The van der Waals surface area contributed by atoms with Crippen LogP contribution in [0.2, 0.25) is 0 Å². The number of amides is 1. The third-order valence-corrected chi connectivity index (χ3v) is 7.09. The maximum absolute atomic E-state index is 12.8. The second-order valence-corrected chi connectivity index (χ2v) is 9.83. The Morgan fingerprint density at radius 1 is 1.25 bits per heavy atom. The van der Waals surface area contributed by atoms with Gasteiger partial charge >= 0.3 is 12.3 Å². The second kappa shape index (κ2) is 10.4. The van der Waals surface area contributed by atoms with Gasteiger partial charge < -0.3 is 25.4 Å². The van der Waals surface area contributed by atoms with Crippen LogP contribution in [0.1, 0.15) is 18.5 Å². The number of aliphatic hydroxyl groups is 1. The molecular weight excluding hydrogens is 497 g/mol. The predicted molar refractivity (Wildman–Crippen MR) is 131 cm³/mol. The molecule has 3 N–H and O–H groups in total. The van der Waals surface area contributed by atoms with Crippen LogP contribution in [-0.2, 0) is 4.74 Å². The number of nitrogens with one attached hydrogen (secondary N) is 2. The van der Waals surface area contributed by atoms with Crippen LogP contribution in [0.5, 0.6) is 0 Å². The van der Waals surface area contributed by atoms with Crippen LogP contribution >= 0.6 is 11.3 Å². The molecule has 1 amide bonds. The Labute approximate surface area is 209 Å². The van der Waals surface area contributed by atoms with E-state index >= 15 is 0 Å². The van der Waals surface area contributed by atoms with Crippen LogP contribution in [0, 0.1) is 12.8 Å². The molecule has 194 valence electrons. The number of benzene rings is 1. The number of thiazole rings is 1. The van der Waals surface area contributed by atoms with Gasteiger partial charge in [0.05, 0.1) is 34.7 Å². The molecule has 2 aromatic heterocycles. The van der Waals surface area contributed by atoms with Crippen LogP contribution in [-0.4, -0.2) is 76.6 Å². The molecule has 1 aromatic carbocycles. The minimum absolute atomic E-state index is 0.155. The topological polar surface area (TPSA) is 112 Å². The van der Waals surface area contributed by atoms with Crippen molar-refractivity contribution in [3.05, 3.63) is 30.0 Å². The van der Waals surface area contributed by atoms with Crippen molar-refractivity contribution in [2.24, 2.45) is 5.92 Å². The minimum atomic E-state index is -4.43. The van der Waals surface area contributed by atoms with Crippen molar-refractivity contribution in [3.8, 4) is 10.6 Å². The van der Waals surface area contributed by atoms with Crippen molar-refractivity contribution in [1.29, 1.82) is 0 Å². The Morgan fingerprint density at radius 2 is 2.00 bits per heavy atom. The van der Waals surface area contributed by atoms with Gasteiger partial charge in [-0.1, -0.05) is 12.1 Å². The lowest BCUT2D eigenvalue weighted by Gasteiger charge is -2.22. The standard InChI is InChI=1S/C23H27F3N6O3S/c1-12-18(20-30-15-6-4-5-7-17(15)36-20)19(31-21(28-12)27-11-23(24,25)26)29-14-8-13(16(33)9-14)10-32(2)22(34)35-3/h4-7,13-14,16,33H,8-11H2,1-3H3,(H2,27,28,29,31)/t13?,14?,16-/m0/s1. The Hall–Kier alpha value is -3.19. The van der Waals surface area contributed by atoms with Gasteiger partial charge in [-0.2, -0.15) is 18.2 Å². The van der Waals surface area contributed by atoms with Gasteiger partial charge in [0.2, 0.25) is 5.95 Å². The molecule has 13 heteroatoms. The van der Waals surface area contributed by atoms with Crippen molar-refractivity contribution in [2.45, 2.75) is 38.1 Å². The number of para-hydroxylation sites is 1. The molecule has 2 unspecified atom stereocenters. The zero-order valence-corrected chi connectivity index (χ0v) is 20.8. The number of carbonyl (C=O) groups excluding carboxylic acids is 1. The number of anilines is 2. The molecule has 1 aliphatic rings. The highest BCUT2D eigenvalue weighted by atomic mass is 32.1. The molecule has 0 saturated heterocycles. The number of carbonyl (C=O) groups is 1. The number of halogens is 3. The maximum Gasteiger partial charge on any atom is 0.409 e. The fourth-order valence-corrected chi connectivity index (χ4v) is 5.43. The lowest BCUT2D eigenvalue weighted by molar-refractivity contribution is -0.115. The second-order valence-electron chi connectivity index (χ2n) is 8.80. The Balaban J connectivity index is 1.63. The van der Waals surface area contributed by atoms with E-state index in [-0.39, 0.29) is 17.9 Å². The normalized spacial score (nSPS) is 19.9. The Bertz CT molecular complexity index is 1200. The molecular formula is C23H27F3N6O3S. The highest BCUT2D eigenvalue weighted by molar-refractivity contribution is 7.21. The van der Waals surface area contributed by atoms with Crippen molar-refractivity contribution < 1.29 is 27.8 Å². The molecule has 36 heavy (non-hydrogen) atoms. The van der Waals surface area contributed by atoms with E-state index in [1.807, 2.05) is 24.3 Å². The summed E-state index contributed by atoms with van der Waals surface area (Å²) < 4.78 is 44.1. The predicted octanol–water partition coefficient (Wildman–Crippen LogP) is 4.29. The molecule has 1 fully saturated rings. The zero-order chi connectivity index (χ0) is 26.0. The van der Waals surface area contributed by atoms with Crippen LogP contribution in [0.3, 0.4) is 0 Å². The first-order valence-corrected chi connectivity index (χ1v) is 12.1. The van der Waals surface area contributed by atoms with E-state index < -0.39 is 24.9 Å². The average Bonchev–Trinajstić information content (AvgIpc) is 3.39. The summed E-state index contributed by atoms with van der Waals surface area (Å²) in [4.78, 5) is 26.5. The smallest absolute Gasteiger partial charge is 0.409 e. The van der Waals surface area contributed by atoms with Crippen molar-refractivity contribution in [3.63, 3.8) is 0 Å². The first kappa shape index (κ1) is 25.9. The third-order valence-electron chi connectivity index (χ3n) is 6.04. The molecule has 9 nitrogen and oxygen atoms in total. The number of aryl methyl sites for hydroxylation is 1. The third kappa shape index (κ3) is 5.95. The number of hydrogen-bond donors (Lipinski definition) is 3. The number of ether oxygens (including phenoxy) is 1. The van der Waals surface area contributed by atoms with E-state index in [0.29, 0.717) is 41.5 Å². The van der Waals surface area contributed by atoms with E-state index in [0.717, 1.165) is 10.2 Å². The van der Waals surface area contributed by atoms with Gasteiger partial charge in [-0.05, 0) is 31.9 Å². The first-order valence-electron chi connectivity index (χ1n) is 11.3. The van der Waals surface area contributed by atoms with Gasteiger partial charge in [-0.15, -0.1) is 11.3 Å². The van der Waals surface area contributed by atoms with Crippen molar-refractivity contribution >= 4 is 39.4 Å². The summed E-state index contributed by atoms with van der Waals surface area (Å²) in [6.45, 7) is 0.735. The summed E-state index contributed by atoms with van der Waals surface area (Å²) in [5.41, 5.74) is 1.86. The summed E-state index contributed by atoms with van der Waals surface area (Å²) in [7, 11) is 2.89. The number of rotatable bonds is 7. The molecule has 4 rings (SSSR count). The summed E-state index contributed by atoms with van der Waals surface area (Å²) in [6, 6.07) is 7.38. The maximum atomic E-state index is 12.8. The lowest BCUT2D eigenvalue weighted by atomic mass is 10.1. The molecule has 2 heterocycles. The molecule has 1 aliphatic carbocycles. The number of fused-ring (bicyclic) bond motifs is 1. The van der Waals surface area contributed by atoms with Crippen molar-refractivity contribution in [2.75, 3.05) is 37.9 Å². The van der Waals surface area contributed by atoms with Crippen molar-refractivity contribution in [1.82, 2.24) is 19.9 Å². The van der Waals surface area contributed by atoms with Gasteiger partial charge in [-0.3, -0.25) is 0 Å². The van der Waals surface area contributed by atoms with Crippen LogP contribution in [0.25, 0.3) is 20.8 Å². The molecule has 0 bridgehead atoms. The average molecular weight is 525 g/mol. The van der Waals surface area contributed by atoms with Gasteiger partial charge in [0, 0.05) is 25.6 Å². The van der Waals surface area contributed by atoms with Crippen LogP contribution in [0.4, 0.5) is 29.7 Å². The molecule has 0 aliphatic heterocycles. The number of alkyl halides is 3. The SMILES string of the molecule is COC(=O)N(C)CC1CC(Nc2nc(NCC(F)(F)F)nc(C)c2-c2nc3ccccc3s2)C[C@@H]1O. The molecule has 0 spiro atoms. The Kier molecular flexibility index (Phi) is 7.50. The van der Waals surface area contributed by atoms with Gasteiger partial charge in [0.25, 0.3) is 0 Å². The van der Waals surface area contributed by atoms with E-state index in [1.54, 1.807) is 14.0 Å². The van der Waals surface area contributed by atoms with E-state index in [1.165, 1.54) is 23.3 Å². The van der Waals surface area contributed by atoms with E-state index in [9.17, 15) is 23.1 Å². The molecule has 0 radical (unpaired) electrons. The number of aliphatic hydroxyl groups excluding tert-OH is 1. The van der Waals surface area contributed by atoms with Crippen LogP contribution < -0.4 is 10.6 Å². The highest BCUT2D eigenvalue weighted by Gasteiger charge is 2.35. The van der Waals surface area contributed by atoms with E-state index in [2.05, 4.69) is 25.6 Å². The summed E-state index contributed by atoms with van der Waals surface area (Å²) in [5.74, 6) is -0.0219. The zero-order valence-electron chi connectivity index (χ0n) is 20.0. The fraction of sp³-hybridized carbons (Fsp3) is 0.478. The minimum Gasteiger partial charge on any atom is -0.453 e. The number of aromatic nitrogens is 3. The van der Waals surface area contributed by atoms with E-state index in [4.69, 9.17) is 4.74 Å². The number of methoxy groups -OCH3 is 1. The van der Waals surface area contributed by atoms with Gasteiger partial charge in [0.15, 0.2) is 0 Å². The fourth-order valence-electron chi connectivity index (χ4n) is 4.36. The quantitative estimate of drug-likeness (QED) is 0.420. The summed E-state index contributed by atoms with van der Waals surface area (Å²) >= 11 is 1.44. The number of hydrogen-bond acceptors (Lipinski definition) is 9. The Morgan fingerprint density at radius 3 is 2.69 bits per heavy atom. The van der Waals surface area contributed by atoms with Crippen LogP contribution in [0.15, 0.2) is 24.3 Å². The monoisotopic (exact) mass is 524 g/mol. The highest BCUT2D eigenvalue weighted by Crippen LogP contribution is 2.38. The summed E-state index contributed by atoms with van der Waals surface area (Å²) in [5, 5.41) is 16.8. The molecule has 1 saturated carbocycles. The summed E-state index contributed by atoms with van der Waals surface area (Å²) in [6.07, 6.45) is -4.69. The van der Waals surface area contributed by atoms with Gasteiger partial charge in [0.1, 0.15) is 17.4 Å². The molecule has 3 aromatic rings. The number of nitrogens with zero attached hydrogens (tertiary/aromatic N) is 4. The largest absolute Gasteiger partial charge is 0.453 e.